The van der Waals surface area contributed by atoms with Gasteiger partial charge in [0.05, 0.1) is 29.8 Å². The van der Waals surface area contributed by atoms with Crippen molar-refractivity contribution in [1.82, 2.24) is 9.55 Å². The first-order valence-corrected chi connectivity index (χ1v) is 10.6. The Morgan fingerprint density at radius 1 is 0.900 bits per heavy atom. The molecule has 1 heterocycles. The molecule has 4 rings (SSSR count). The van der Waals surface area contributed by atoms with Gasteiger partial charge < -0.3 is 14.0 Å². The van der Waals surface area contributed by atoms with Gasteiger partial charge in [0.25, 0.3) is 0 Å². The summed E-state index contributed by atoms with van der Waals surface area (Å²) in [6.07, 6.45) is 1.88. The van der Waals surface area contributed by atoms with E-state index in [1.807, 2.05) is 54.6 Å². The zero-order chi connectivity index (χ0) is 20.9. The fourth-order valence-electron chi connectivity index (χ4n) is 3.41. The number of ether oxygens (including phenoxy) is 2. The number of hydrogen-bond donors (Lipinski definition) is 0. The van der Waals surface area contributed by atoms with Crippen molar-refractivity contribution in [3.63, 3.8) is 0 Å². The van der Waals surface area contributed by atoms with Crippen LogP contribution in [0.1, 0.15) is 12.8 Å². The molecular formula is C24H22Cl2N2O2. The summed E-state index contributed by atoms with van der Waals surface area (Å²) in [4.78, 5) is 4.83. The van der Waals surface area contributed by atoms with Crippen LogP contribution in [0.2, 0.25) is 10.0 Å². The molecule has 0 radical (unpaired) electrons. The van der Waals surface area contributed by atoms with Gasteiger partial charge in [-0.3, -0.25) is 0 Å². The van der Waals surface area contributed by atoms with Gasteiger partial charge in [0.1, 0.15) is 17.3 Å². The Labute approximate surface area is 186 Å². The molecule has 1 aromatic heterocycles. The second kappa shape index (κ2) is 9.41. The van der Waals surface area contributed by atoms with Crippen LogP contribution in [0.4, 0.5) is 0 Å². The Bertz CT molecular complexity index is 1140. The number of unbranched alkanes of at least 4 members (excludes halogenated alkanes) is 1. The predicted molar refractivity (Wildman–Crippen MR) is 123 cm³/mol. The van der Waals surface area contributed by atoms with E-state index in [0.29, 0.717) is 16.7 Å². The molecule has 0 aliphatic carbocycles. The topological polar surface area (TPSA) is 36.3 Å². The number of imidazole rings is 1. The van der Waals surface area contributed by atoms with E-state index in [0.717, 1.165) is 53.3 Å². The van der Waals surface area contributed by atoms with Gasteiger partial charge in [0, 0.05) is 17.1 Å². The lowest BCUT2D eigenvalue weighted by atomic mass is 10.2. The lowest BCUT2D eigenvalue weighted by Crippen LogP contribution is -2.04. The monoisotopic (exact) mass is 440 g/mol. The van der Waals surface area contributed by atoms with Crippen LogP contribution in [0.25, 0.3) is 22.4 Å². The van der Waals surface area contributed by atoms with E-state index in [-0.39, 0.29) is 0 Å². The van der Waals surface area contributed by atoms with Gasteiger partial charge in [0.2, 0.25) is 0 Å². The van der Waals surface area contributed by atoms with Crippen LogP contribution in [-0.4, -0.2) is 23.3 Å². The minimum atomic E-state index is 0.599. The highest BCUT2D eigenvalue weighted by atomic mass is 35.5. The zero-order valence-corrected chi connectivity index (χ0v) is 18.2. The summed E-state index contributed by atoms with van der Waals surface area (Å²) in [6.45, 7) is 1.47. The molecule has 0 unspecified atom stereocenters. The summed E-state index contributed by atoms with van der Waals surface area (Å²) in [5, 5.41) is 1.21. The maximum atomic E-state index is 6.47. The average Bonchev–Trinajstić information content (AvgIpc) is 3.12. The summed E-state index contributed by atoms with van der Waals surface area (Å²) in [6, 6.07) is 21.3. The Morgan fingerprint density at radius 3 is 2.43 bits per heavy atom. The van der Waals surface area contributed by atoms with Gasteiger partial charge in [-0.25, -0.2) is 4.98 Å². The molecule has 0 amide bonds. The number of hydrogen-bond acceptors (Lipinski definition) is 3. The molecule has 0 aliphatic heterocycles. The molecule has 0 saturated carbocycles. The zero-order valence-electron chi connectivity index (χ0n) is 16.6. The van der Waals surface area contributed by atoms with Crippen LogP contribution in [0.5, 0.6) is 11.5 Å². The number of aromatic nitrogens is 2. The summed E-state index contributed by atoms with van der Waals surface area (Å²) >= 11 is 12.5. The van der Waals surface area contributed by atoms with Gasteiger partial charge in [-0.2, -0.15) is 0 Å². The standard InChI is InChI=1S/C24H22Cl2N2O2/c1-29-18-9-11-19(12-10-18)30-15-5-4-14-28-23-7-3-2-6-22(23)27-24(28)20-13-8-17(25)16-21(20)26/h2-3,6-13,16H,4-5,14-15H2,1H3. The second-order valence-electron chi connectivity index (χ2n) is 6.93. The smallest absolute Gasteiger partial charge is 0.142 e. The fourth-order valence-corrected chi connectivity index (χ4v) is 3.91. The number of methoxy groups -OCH3 is 1. The molecular weight excluding hydrogens is 419 g/mol. The van der Waals surface area contributed by atoms with Gasteiger partial charge in [0.15, 0.2) is 0 Å². The number of benzene rings is 3. The van der Waals surface area contributed by atoms with Crippen molar-refractivity contribution in [2.45, 2.75) is 19.4 Å². The van der Waals surface area contributed by atoms with E-state index in [4.69, 9.17) is 37.7 Å². The lowest BCUT2D eigenvalue weighted by Gasteiger charge is -2.11. The van der Waals surface area contributed by atoms with E-state index in [1.165, 1.54) is 0 Å². The molecule has 0 aliphatic rings. The van der Waals surface area contributed by atoms with E-state index >= 15 is 0 Å². The lowest BCUT2D eigenvalue weighted by molar-refractivity contribution is 0.303. The Hall–Kier alpha value is -2.69. The van der Waals surface area contributed by atoms with Crippen LogP contribution in [0.15, 0.2) is 66.7 Å². The van der Waals surface area contributed by atoms with Gasteiger partial charge in [-0.1, -0.05) is 35.3 Å². The highest BCUT2D eigenvalue weighted by molar-refractivity contribution is 6.36. The van der Waals surface area contributed by atoms with Crippen LogP contribution in [0, 0.1) is 0 Å². The van der Waals surface area contributed by atoms with Gasteiger partial charge in [-0.15, -0.1) is 0 Å². The summed E-state index contributed by atoms with van der Waals surface area (Å²) < 4.78 is 13.2. The summed E-state index contributed by atoms with van der Waals surface area (Å²) in [5.41, 5.74) is 2.93. The molecule has 0 fully saturated rings. The van der Waals surface area contributed by atoms with E-state index < -0.39 is 0 Å². The second-order valence-corrected chi connectivity index (χ2v) is 7.77. The molecule has 4 aromatic rings. The number of aryl methyl sites for hydroxylation is 1. The summed E-state index contributed by atoms with van der Waals surface area (Å²) in [5.74, 6) is 2.52. The van der Waals surface area contributed by atoms with Crippen molar-refractivity contribution in [2.24, 2.45) is 0 Å². The molecule has 0 N–H and O–H groups in total. The molecule has 0 saturated heterocycles. The molecule has 6 heteroatoms. The fraction of sp³-hybridized carbons (Fsp3) is 0.208. The van der Waals surface area contributed by atoms with Crippen LogP contribution >= 0.6 is 23.2 Å². The number of fused-ring (bicyclic) bond motifs is 1. The Morgan fingerprint density at radius 2 is 1.67 bits per heavy atom. The first-order valence-electron chi connectivity index (χ1n) is 9.83. The van der Waals surface area contributed by atoms with Crippen molar-refractivity contribution < 1.29 is 9.47 Å². The number of nitrogens with zero attached hydrogens (tertiary/aromatic N) is 2. The highest BCUT2D eigenvalue weighted by Crippen LogP contribution is 2.32. The number of rotatable bonds is 8. The average molecular weight is 441 g/mol. The molecule has 30 heavy (non-hydrogen) atoms. The normalized spacial score (nSPS) is 11.0. The third-order valence-corrected chi connectivity index (χ3v) is 5.48. The maximum Gasteiger partial charge on any atom is 0.142 e. The van der Waals surface area contributed by atoms with Crippen molar-refractivity contribution in [3.8, 4) is 22.9 Å². The van der Waals surface area contributed by atoms with Crippen LogP contribution < -0.4 is 9.47 Å². The third-order valence-electron chi connectivity index (χ3n) is 4.93. The Kier molecular flexibility index (Phi) is 6.46. The van der Waals surface area contributed by atoms with Crippen molar-refractivity contribution in [1.29, 1.82) is 0 Å². The number of halogens is 2. The maximum absolute atomic E-state index is 6.47. The van der Waals surface area contributed by atoms with Crippen molar-refractivity contribution in [3.05, 3.63) is 76.8 Å². The minimum Gasteiger partial charge on any atom is -0.497 e. The first kappa shape index (κ1) is 20.6. The van der Waals surface area contributed by atoms with Gasteiger partial charge in [-0.05, 0) is 67.4 Å². The molecule has 4 nitrogen and oxygen atoms in total. The Balaban J connectivity index is 1.46. The van der Waals surface area contributed by atoms with E-state index in [2.05, 4.69) is 10.6 Å². The molecule has 0 bridgehead atoms. The van der Waals surface area contributed by atoms with Crippen molar-refractivity contribution in [2.75, 3.05) is 13.7 Å². The predicted octanol–water partition coefficient (Wildman–Crippen LogP) is 6.88. The molecule has 154 valence electrons. The minimum absolute atomic E-state index is 0.599. The molecule has 3 aromatic carbocycles. The third kappa shape index (κ3) is 4.55. The SMILES string of the molecule is COc1ccc(OCCCCn2c(-c3ccc(Cl)cc3Cl)nc3ccccc32)cc1. The summed E-state index contributed by atoms with van der Waals surface area (Å²) in [7, 11) is 1.65. The van der Waals surface area contributed by atoms with E-state index in [9.17, 15) is 0 Å². The molecule has 0 atom stereocenters. The van der Waals surface area contributed by atoms with E-state index in [1.54, 1.807) is 13.2 Å². The number of para-hydroxylation sites is 2. The van der Waals surface area contributed by atoms with Crippen molar-refractivity contribution >= 4 is 34.2 Å². The largest absolute Gasteiger partial charge is 0.497 e. The van der Waals surface area contributed by atoms with Gasteiger partial charge >= 0.3 is 0 Å². The highest BCUT2D eigenvalue weighted by Gasteiger charge is 2.15. The quantitative estimate of drug-likeness (QED) is 0.280. The van der Waals surface area contributed by atoms with Crippen LogP contribution in [-0.2, 0) is 6.54 Å². The molecule has 0 spiro atoms. The van der Waals surface area contributed by atoms with Crippen LogP contribution in [0.3, 0.4) is 0 Å². The first-order chi connectivity index (χ1) is 14.7.